The first kappa shape index (κ1) is 15.0. The van der Waals surface area contributed by atoms with Crippen molar-refractivity contribution in [1.29, 1.82) is 0 Å². The zero-order valence-electron chi connectivity index (χ0n) is 10.9. The molecule has 0 spiro atoms. The highest BCUT2D eigenvalue weighted by Crippen LogP contribution is 2.26. The van der Waals surface area contributed by atoms with E-state index in [2.05, 4.69) is 10.2 Å². The SMILES string of the molecule is Cc1nnc(N2CCCC(C(=O)NCC(F)(F)F)C2)s1. The van der Waals surface area contributed by atoms with Crippen molar-refractivity contribution >= 4 is 22.4 Å². The molecular formula is C11H15F3N4OS. The molecule has 5 nitrogen and oxygen atoms in total. The molecule has 1 unspecified atom stereocenters. The minimum atomic E-state index is -4.37. The molecule has 1 fully saturated rings. The Labute approximate surface area is 118 Å². The number of aromatic nitrogens is 2. The third-order valence-electron chi connectivity index (χ3n) is 3.04. The topological polar surface area (TPSA) is 58.1 Å². The summed E-state index contributed by atoms with van der Waals surface area (Å²) in [6, 6.07) is 0. The first-order chi connectivity index (χ1) is 9.35. The third kappa shape index (κ3) is 4.06. The zero-order chi connectivity index (χ0) is 14.8. The van der Waals surface area contributed by atoms with Crippen LogP contribution in [0, 0.1) is 12.8 Å². The van der Waals surface area contributed by atoms with Crippen molar-refractivity contribution in [3.05, 3.63) is 5.01 Å². The lowest BCUT2D eigenvalue weighted by Gasteiger charge is -2.31. The minimum absolute atomic E-state index is 0.387. The molecule has 1 N–H and O–H groups in total. The summed E-state index contributed by atoms with van der Waals surface area (Å²) in [5.74, 6) is -0.983. The fraction of sp³-hybridized carbons (Fsp3) is 0.727. The van der Waals surface area contributed by atoms with Crippen LogP contribution in [0.4, 0.5) is 18.3 Å². The van der Waals surface area contributed by atoms with Crippen molar-refractivity contribution in [2.24, 2.45) is 5.92 Å². The second-order valence-corrected chi connectivity index (χ2v) is 5.88. The van der Waals surface area contributed by atoms with Crippen molar-refractivity contribution in [2.75, 3.05) is 24.5 Å². The number of anilines is 1. The molecule has 1 amide bonds. The Kier molecular flexibility index (Phi) is 4.46. The van der Waals surface area contributed by atoms with E-state index in [9.17, 15) is 18.0 Å². The Morgan fingerprint density at radius 1 is 1.50 bits per heavy atom. The van der Waals surface area contributed by atoms with E-state index in [0.717, 1.165) is 23.1 Å². The molecule has 2 rings (SSSR count). The van der Waals surface area contributed by atoms with Gasteiger partial charge in [0.15, 0.2) is 0 Å². The van der Waals surface area contributed by atoms with Crippen LogP contribution in [0.15, 0.2) is 0 Å². The number of aryl methyl sites for hydroxylation is 1. The van der Waals surface area contributed by atoms with Gasteiger partial charge in [-0.2, -0.15) is 13.2 Å². The van der Waals surface area contributed by atoms with Crippen LogP contribution in [0.1, 0.15) is 17.8 Å². The first-order valence-electron chi connectivity index (χ1n) is 6.24. The molecule has 20 heavy (non-hydrogen) atoms. The lowest BCUT2D eigenvalue weighted by molar-refractivity contribution is -0.140. The Balaban J connectivity index is 1.91. The standard InChI is InChI=1S/C11H15F3N4OS/c1-7-16-17-10(20-7)18-4-2-3-8(5-18)9(19)15-6-11(12,13)14/h8H,2-6H2,1H3,(H,15,19). The van der Waals surface area contributed by atoms with Gasteiger partial charge >= 0.3 is 6.18 Å². The number of hydrogen-bond donors (Lipinski definition) is 1. The number of piperidine rings is 1. The van der Waals surface area contributed by atoms with Crippen molar-refractivity contribution in [2.45, 2.75) is 25.9 Å². The minimum Gasteiger partial charge on any atom is -0.347 e. The maximum absolute atomic E-state index is 12.1. The second kappa shape index (κ2) is 5.94. The number of hydrogen-bond acceptors (Lipinski definition) is 5. The lowest BCUT2D eigenvalue weighted by atomic mass is 9.97. The van der Waals surface area contributed by atoms with E-state index < -0.39 is 24.5 Å². The molecule has 2 heterocycles. The van der Waals surface area contributed by atoms with Crippen molar-refractivity contribution in [3.8, 4) is 0 Å². The van der Waals surface area contributed by atoms with Crippen molar-refractivity contribution in [3.63, 3.8) is 0 Å². The predicted molar refractivity (Wildman–Crippen MR) is 68.6 cm³/mol. The van der Waals surface area contributed by atoms with Crippen LogP contribution < -0.4 is 10.2 Å². The van der Waals surface area contributed by atoms with E-state index in [-0.39, 0.29) is 0 Å². The number of nitrogens with one attached hydrogen (secondary N) is 1. The maximum Gasteiger partial charge on any atom is 0.405 e. The van der Waals surface area contributed by atoms with Gasteiger partial charge in [-0.05, 0) is 19.8 Å². The average Bonchev–Trinajstić information content (AvgIpc) is 2.82. The van der Waals surface area contributed by atoms with E-state index in [1.807, 2.05) is 17.1 Å². The summed E-state index contributed by atoms with van der Waals surface area (Å²) in [5, 5.41) is 11.4. The summed E-state index contributed by atoms with van der Waals surface area (Å²) in [5.41, 5.74) is 0. The third-order valence-corrected chi connectivity index (χ3v) is 3.94. The van der Waals surface area contributed by atoms with Gasteiger partial charge in [0, 0.05) is 13.1 Å². The van der Waals surface area contributed by atoms with Gasteiger partial charge in [0.2, 0.25) is 11.0 Å². The predicted octanol–water partition coefficient (Wildman–Crippen LogP) is 1.74. The van der Waals surface area contributed by atoms with Gasteiger partial charge in [-0.1, -0.05) is 11.3 Å². The summed E-state index contributed by atoms with van der Waals surface area (Å²) in [7, 11) is 0. The lowest BCUT2D eigenvalue weighted by Crippen LogP contribution is -2.45. The fourth-order valence-corrected chi connectivity index (χ4v) is 2.83. The van der Waals surface area contributed by atoms with Gasteiger partial charge in [0.05, 0.1) is 5.92 Å². The second-order valence-electron chi connectivity index (χ2n) is 4.72. The highest BCUT2D eigenvalue weighted by Gasteiger charge is 2.32. The molecule has 0 bridgehead atoms. The molecule has 1 atom stereocenters. The Morgan fingerprint density at radius 3 is 2.85 bits per heavy atom. The Bertz CT molecular complexity index is 476. The van der Waals surface area contributed by atoms with E-state index >= 15 is 0 Å². The molecule has 0 aliphatic carbocycles. The smallest absolute Gasteiger partial charge is 0.347 e. The summed E-state index contributed by atoms with van der Waals surface area (Å²) in [6.45, 7) is 1.69. The van der Waals surface area contributed by atoms with Crippen molar-refractivity contribution < 1.29 is 18.0 Å². The Morgan fingerprint density at radius 2 is 2.25 bits per heavy atom. The van der Waals surface area contributed by atoms with Gasteiger partial charge < -0.3 is 10.2 Å². The Hall–Kier alpha value is -1.38. The maximum atomic E-state index is 12.1. The zero-order valence-corrected chi connectivity index (χ0v) is 11.7. The number of halogens is 3. The summed E-state index contributed by atoms with van der Waals surface area (Å²) < 4.78 is 36.3. The molecule has 0 saturated carbocycles. The van der Waals surface area contributed by atoms with Gasteiger partial charge in [0.1, 0.15) is 11.6 Å². The van der Waals surface area contributed by atoms with Crippen LogP contribution in [-0.2, 0) is 4.79 Å². The molecule has 1 aliphatic heterocycles. The largest absolute Gasteiger partial charge is 0.405 e. The van der Waals surface area contributed by atoms with Crippen LogP contribution in [0.2, 0.25) is 0 Å². The molecule has 1 aliphatic rings. The van der Waals surface area contributed by atoms with Gasteiger partial charge in [-0.15, -0.1) is 10.2 Å². The quantitative estimate of drug-likeness (QED) is 0.924. The molecule has 0 radical (unpaired) electrons. The molecule has 9 heteroatoms. The van der Waals surface area contributed by atoms with E-state index in [0.29, 0.717) is 13.0 Å². The number of amides is 1. The van der Waals surface area contributed by atoms with Crippen LogP contribution in [-0.4, -0.2) is 41.9 Å². The fourth-order valence-electron chi connectivity index (χ4n) is 2.11. The molecule has 1 aromatic rings. The van der Waals surface area contributed by atoms with Gasteiger partial charge in [-0.3, -0.25) is 4.79 Å². The van der Waals surface area contributed by atoms with Crippen LogP contribution >= 0.6 is 11.3 Å². The highest BCUT2D eigenvalue weighted by molar-refractivity contribution is 7.15. The molecule has 112 valence electrons. The summed E-state index contributed by atoms with van der Waals surface area (Å²) >= 11 is 1.42. The monoisotopic (exact) mass is 308 g/mol. The molecule has 0 aromatic carbocycles. The van der Waals surface area contributed by atoms with Crippen LogP contribution in [0.5, 0.6) is 0 Å². The van der Waals surface area contributed by atoms with E-state index in [4.69, 9.17) is 0 Å². The first-order valence-corrected chi connectivity index (χ1v) is 7.06. The van der Waals surface area contributed by atoms with E-state index in [1.54, 1.807) is 0 Å². The summed E-state index contributed by atoms with van der Waals surface area (Å²) in [6.07, 6.45) is -3.03. The number of alkyl halides is 3. The number of nitrogens with zero attached hydrogens (tertiary/aromatic N) is 3. The number of rotatable bonds is 3. The highest BCUT2D eigenvalue weighted by atomic mass is 32.1. The summed E-state index contributed by atoms with van der Waals surface area (Å²) in [4.78, 5) is 13.7. The van der Waals surface area contributed by atoms with Crippen LogP contribution in [0.3, 0.4) is 0 Å². The normalized spacial score (nSPS) is 20.0. The van der Waals surface area contributed by atoms with Gasteiger partial charge in [0.25, 0.3) is 0 Å². The van der Waals surface area contributed by atoms with Crippen LogP contribution in [0.25, 0.3) is 0 Å². The molecule has 1 aromatic heterocycles. The van der Waals surface area contributed by atoms with E-state index in [1.165, 1.54) is 11.3 Å². The van der Waals surface area contributed by atoms with Crippen molar-refractivity contribution in [1.82, 2.24) is 15.5 Å². The number of carbonyl (C=O) groups is 1. The number of carbonyl (C=O) groups excluding carboxylic acids is 1. The molecule has 1 saturated heterocycles. The molecular weight excluding hydrogens is 293 g/mol. The van der Waals surface area contributed by atoms with Gasteiger partial charge in [-0.25, -0.2) is 0 Å². The average molecular weight is 308 g/mol.